The van der Waals surface area contributed by atoms with E-state index in [2.05, 4.69) is 11.6 Å². The van der Waals surface area contributed by atoms with Crippen LogP contribution in [0.15, 0.2) is 60.2 Å². The van der Waals surface area contributed by atoms with Crippen LogP contribution >= 0.6 is 0 Å². The average molecular weight is 586 g/mol. The van der Waals surface area contributed by atoms with E-state index in [-0.39, 0.29) is 23.7 Å². The van der Waals surface area contributed by atoms with Crippen molar-refractivity contribution in [3.63, 3.8) is 0 Å². The van der Waals surface area contributed by atoms with Gasteiger partial charge in [-0.1, -0.05) is 30.3 Å². The minimum Gasteiger partial charge on any atom is -0.404 e. The molecule has 2 aliphatic carbocycles. The highest BCUT2D eigenvalue weighted by Gasteiger charge is 2.42. The highest BCUT2D eigenvalue weighted by atomic mass is 19.1. The Bertz CT molecular complexity index is 1480. The summed E-state index contributed by atoms with van der Waals surface area (Å²) in [6, 6.07) is 9.50. The SMILES string of the molecule is C=CCC1CCc2cc(C(C=NC)=CN)ccc2[C@H]1C(=O)N(CC(=O)N1Cc2ccc(F)cc2CC[C@@H]1C1CC1)C(N)=O. The van der Waals surface area contributed by atoms with Crippen LogP contribution in [0.4, 0.5) is 9.18 Å². The van der Waals surface area contributed by atoms with E-state index < -0.39 is 24.4 Å². The summed E-state index contributed by atoms with van der Waals surface area (Å²) in [5.41, 5.74) is 16.9. The quantitative estimate of drug-likeness (QED) is 0.344. The number of hydrogen-bond donors (Lipinski definition) is 2. The molecule has 2 aromatic carbocycles. The smallest absolute Gasteiger partial charge is 0.321 e. The number of allylic oxidation sites excluding steroid dienone is 2. The van der Waals surface area contributed by atoms with Crippen molar-refractivity contribution in [2.75, 3.05) is 13.6 Å². The van der Waals surface area contributed by atoms with Crippen LogP contribution in [0.25, 0.3) is 5.57 Å². The number of primary amides is 1. The Morgan fingerprint density at radius 3 is 2.51 bits per heavy atom. The van der Waals surface area contributed by atoms with Crippen molar-refractivity contribution in [1.82, 2.24) is 9.80 Å². The molecule has 3 atom stereocenters. The maximum atomic E-state index is 14.2. The lowest BCUT2D eigenvalue weighted by atomic mass is 9.72. The van der Waals surface area contributed by atoms with E-state index in [1.165, 1.54) is 12.3 Å². The third kappa shape index (κ3) is 6.40. The molecule has 0 aromatic heterocycles. The van der Waals surface area contributed by atoms with Crippen molar-refractivity contribution in [1.29, 1.82) is 0 Å². The van der Waals surface area contributed by atoms with Gasteiger partial charge in [-0.25, -0.2) is 9.18 Å². The van der Waals surface area contributed by atoms with Gasteiger partial charge in [0.2, 0.25) is 11.8 Å². The number of nitrogens with two attached hydrogens (primary N) is 2. The summed E-state index contributed by atoms with van der Waals surface area (Å²) >= 11 is 0. The number of halogens is 1. The van der Waals surface area contributed by atoms with Gasteiger partial charge in [0.15, 0.2) is 0 Å². The molecule has 9 heteroatoms. The van der Waals surface area contributed by atoms with Gasteiger partial charge in [0.05, 0.1) is 5.92 Å². The zero-order valence-corrected chi connectivity index (χ0v) is 24.7. The van der Waals surface area contributed by atoms with Crippen molar-refractivity contribution in [2.24, 2.45) is 28.3 Å². The molecule has 1 fully saturated rings. The van der Waals surface area contributed by atoms with Crippen molar-refractivity contribution < 1.29 is 18.8 Å². The lowest BCUT2D eigenvalue weighted by Gasteiger charge is -2.36. The van der Waals surface area contributed by atoms with Gasteiger partial charge in [0.1, 0.15) is 12.4 Å². The van der Waals surface area contributed by atoms with Crippen LogP contribution in [-0.2, 0) is 29.0 Å². The van der Waals surface area contributed by atoms with Gasteiger partial charge >= 0.3 is 6.03 Å². The van der Waals surface area contributed by atoms with Gasteiger partial charge in [-0.3, -0.25) is 19.5 Å². The highest BCUT2D eigenvalue weighted by molar-refractivity contribution is 6.09. The van der Waals surface area contributed by atoms with Crippen molar-refractivity contribution in [3.8, 4) is 0 Å². The molecule has 1 saturated carbocycles. The maximum absolute atomic E-state index is 14.2. The van der Waals surface area contributed by atoms with Crippen LogP contribution in [-0.4, -0.2) is 53.5 Å². The van der Waals surface area contributed by atoms with Gasteiger partial charge in [-0.2, -0.15) is 0 Å². The second-order valence-electron chi connectivity index (χ2n) is 11.9. The molecule has 1 heterocycles. The zero-order chi connectivity index (χ0) is 30.7. The number of rotatable bonds is 8. The van der Waals surface area contributed by atoms with Crippen LogP contribution in [0, 0.1) is 17.7 Å². The number of aliphatic imine (C=N–C) groups is 1. The van der Waals surface area contributed by atoms with E-state index in [0.29, 0.717) is 38.1 Å². The summed E-state index contributed by atoms with van der Waals surface area (Å²) in [6.45, 7) is 3.76. The molecule has 1 unspecified atom stereocenters. The van der Waals surface area contributed by atoms with Gasteiger partial charge in [0.25, 0.3) is 0 Å². The van der Waals surface area contributed by atoms with E-state index >= 15 is 0 Å². The Kier molecular flexibility index (Phi) is 9.08. The molecular weight excluding hydrogens is 545 g/mol. The molecule has 4 amide bonds. The van der Waals surface area contributed by atoms with Crippen LogP contribution < -0.4 is 11.5 Å². The summed E-state index contributed by atoms with van der Waals surface area (Å²) in [7, 11) is 1.67. The van der Waals surface area contributed by atoms with Crippen LogP contribution in [0.3, 0.4) is 0 Å². The van der Waals surface area contributed by atoms with Crippen LogP contribution in [0.1, 0.15) is 65.8 Å². The molecule has 2 aromatic rings. The fourth-order valence-corrected chi connectivity index (χ4v) is 6.87. The van der Waals surface area contributed by atoms with Crippen molar-refractivity contribution in [3.05, 3.63) is 88.9 Å². The fraction of sp³-hybridized carbons (Fsp3) is 0.412. The predicted octanol–water partition coefficient (Wildman–Crippen LogP) is 4.71. The Hall–Kier alpha value is -4.27. The Labute approximate surface area is 252 Å². The van der Waals surface area contributed by atoms with E-state index in [9.17, 15) is 18.8 Å². The van der Waals surface area contributed by atoms with Gasteiger partial charge < -0.3 is 16.4 Å². The molecule has 0 spiro atoms. The van der Waals surface area contributed by atoms with E-state index in [1.807, 2.05) is 18.2 Å². The summed E-state index contributed by atoms with van der Waals surface area (Å²) < 4.78 is 14.0. The summed E-state index contributed by atoms with van der Waals surface area (Å²) in [5.74, 6) is -1.50. The number of hydrogen-bond acceptors (Lipinski definition) is 5. The third-order valence-electron chi connectivity index (χ3n) is 9.18. The number of amides is 4. The lowest BCUT2D eigenvalue weighted by Crippen LogP contribution is -2.52. The maximum Gasteiger partial charge on any atom is 0.321 e. The first kappa shape index (κ1) is 30.2. The largest absolute Gasteiger partial charge is 0.404 e. The molecule has 4 N–H and O–H groups in total. The minimum atomic E-state index is -0.952. The molecule has 3 aliphatic rings. The Balaban J connectivity index is 1.44. The number of imide groups is 1. The summed E-state index contributed by atoms with van der Waals surface area (Å²) in [6.07, 6.45) is 10.4. The molecule has 1 aliphatic heterocycles. The second kappa shape index (κ2) is 12.9. The van der Waals surface area contributed by atoms with Crippen molar-refractivity contribution >= 4 is 29.6 Å². The monoisotopic (exact) mass is 585 g/mol. The lowest BCUT2D eigenvalue weighted by molar-refractivity contribution is -0.141. The van der Waals surface area contributed by atoms with E-state index in [4.69, 9.17) is 11.5 Å². The number of urea groups is 1. The molecular formula is C34H40FN5O3. The molecule has 0 saturated heterocycles. The van der Waals surface area contributed by atoms with Crippen LogP contribution in [0.5, 0.6) is 0 Å². The molecule has 43 heavy (non-hydrogen) atoms. The predicted molar refractivity (Wildman–Crippen MR) is 165 cm³/mol. The van der Waals surface area contributed by atoms with E-state index in [0.717, 1.165) is 57.6 Å². The Morgan fingerprint density at radius 2 is 1.84 bits per heavy atom. The third-order valence-corrected chi connectivity index (χ3v) is 9.18. The van der Waals surface area contributed by atoms with Crippen molar-refractivity contribution in [2.45, 2.75) is 63.5 Å². The topological polar surface area (TPSA) is 122 Å². The molecule has 5 rings (SSSR count). The van der Waals surface area contributed by atoms with Gasteiger partial charge in [-0.15, -0.1) is 6.58 Å². The highest BCUT2D eigenvalue weighted by Crippen LogP contribution is 2.42. The normalized spacial score (nSPS) is 22.0. The number of fused-ring (bicyclic) bond motifs is 2. The molecule has 0 radical (unpaired) electrons. The molecule has 8 nitrogen and oxygen atoms in total. The number of carbonyl (C=O) groups excluding carboxylic acids is 3. The van der Waals surface area contributed by atoms with Gasteiger partial charge in [0, 0.05) is 37.6 Å². The summed E-state index contributed by atoms with van der Waals surface area (Å²) in [4.78, 5) is 47.8. The fourth-order valence-electron chi connectivity index (χ4n) is 6.87. The molecule has 0 bridgehead atoms. The summed E-state index contributed by atoms with van der Waals surface area (Å²) in [5, 5.41) is 0. The standard InChI is InChI=1S/C34H40FN5O3/c1-3-4-22-7-8-25-15-23(27(17-36)18-38-2)10-13-29(25)32(22)33(42)40(34(37)43)20-31(41)39-19-26-9-12-28(35)16-24(26)11-14-30(39)21-5-6-21/h3,9-10,12-13,15-18,21-22,30,32H,1,4-8,11,14,19-20,36H2,2H3,(H2,37,43)/t22?,30-,32+/m1/s1. The first-order valence-corrected chi connectivity index (χ1v) is 15.0. The number of benzene rings is 2. The number of nitrogens with zero attached hydrogens (tertiary/aromatic N) is 3. The number of carbonyl (C=O) groups is 3. The number of aryl methyl sites for hydroxylation is 2. The Morgan fingerprint density at radius 1 is 1.07 bits per heavy atom. The van der Waals surface area contributed by atoms with E-state index in [1.54, 1.807) is 36.4 Å². The minimum absolute atomic E-state index is 0.0356. The average Bonchev–Trinajstić information content (AvgIpc) is 3.85. The van der Waals surface area contributed by atoms with Gasteiger partial charge in [-0.05, 0) is 96.7 Å². The zero-order valence-electron chi connectivity index (χ0n) is 24.7. The second-order valence-corrected chi connectivity index (χ2v) is 11.9. The first-order chi connectivity index (χ1) is 20.7. The molecule has 226 valence electrons. The van der Waals surface area contributed by atoms with Crippen LogP contribution in [0.2, 0.25) is 0 Å². The first-order valence-electron chi connectivity index (χ1n) is 15.0.